The first-order valence-corrected chi connectivity index (χ1v) is 10.4. The van der Waals surface area contributed by atoms with E-state index in [1.54, 1.807) is 12.1 Å². The minimum atomic E-state index is -3.99. The van der Waals surface area contributed by atoms with Gasteiger partial charge >= 0.3 is 0 Å². The van der Waals surface area contributed by atoms with Gasteiger partial charge in [-0.2, -0.15) is 4.31 Å². The normalized spacial score (nSPS) is 15.6. The van der Waals surface area contributed by atoms with Gasteiger partial charge in [-0.15, -0.1) is 0 Å². The van der Waals surface area contributed by atoms with Crippen molar-refractivity contribution in [3.05, 3.63) is 68.3 Å². The highest BCUT2D eigenvalue weighted by Gasteiger charge is 2.32. The lowest BCUT2D eigenvalue weighted by Gasteiger charge is -2.34. The van der Waals surface area contributed by atoms with Gasteiger partial charge in [0.1, 0.15) is 10.6 Å². The summed E-state index contributed by atoms with van der Waals surface area (Å²) in [6, 6.07) is 9.77. The fraction of sp³-hybridized carbons (Fsp3) is 0.333. The van der Waals surface area contributed by atoms with Crippen LogP contribution in [0.15, 0.2) is 47.4 Å². The maximum atomic E-state index is 13.1. The monoisotopic (exact) mass is 436 g/mol. The molecule has 0 N–H and O–H groups in total. The Kier molecular flexibility index (Phi) is 6.29. The number of non-ortho nitro benzene ring substituents is 2. The van der Waals surface area contributed by atoms with Crippen molar-refractivity contribution in [1.29, 1.82) is 0 Å². The van der Waals surface area contributed by atoms with Crippen molar-refractivity contribution in [1.82, 2.24) is 9.21 Å². The zero-order chi connectivity index (χ0) is 21.9. The molecule has 11 nitrogen and oxygen atoms in total. The van der Waals surface area contributed by atoms with Crippen LogP contribution in [-0.4, -0.2) is 60.8 Å². The van der Waals surface area contributed by atoms with Crippen LogP contribution in [0.25, 0.3) is 0 Å². The lowest BCUT2D eigenvalue weighted by molar-refractivity contribution is -0.385. The standard InChI is InChI=1S/C18H20N4O7S/c1-29-17-6-5-16(22(25)26)12-18(17)30(27,28)20-9-7-19(8-10-20)13-14-3-2-4-15(11-14)21(23)24/h2-6,11-12H,7-10,13H2,1H3. The van der Waals surface area contributed by atoms with Crippen molar-refractivity contribution in [3.8, 4) is 5.75 Å². The Bertz CT molecular complexity index is 1070. The van der Waals surface area contributed by atoms with Gasteiger partial charge in [0, 0.05) is 57.0 Å². The van der Waals surface area contributed by atoms with E-state index >= 15 is 0 Å². The topological polar surface area (TPSA) is 136 Å². The van der Waals surface area contributed by atoms with Crippen molar-refractivity contribution < 1.29 is 23.0 Å². The van der Waals surface area contributed by atoms with Crippen LogP contribution in [0.1, 0.15) is 5.56 Å². The largest absolute Gasteiger partial charge is 0.495 e. The molecule has 1 aliphatic rings. The molecule has 1 saturated heterocycles. The molecule has 1 aliphatic heterocycles. The van der Waals surface area contributed by atoms with Gasteiger partial charge in [-0.1, -0.05) is 12.1 Å². The molecule has 12 heteroatoms. The van der Waals surface area contributed by atoms with Crippen molar-refractivity contribution >= 4 is 21.4 Å². The fourth-order valence-electron chi connectivity index (χ4n) is 3.27. The summed E-state index contributed by atoms with van der Waals surface area (Å²) in [5.74, 6) is 0.0413. The number of hydrogen-bond donors (Lipinski definition) is 0. The maximum absolute atomic E-state index is 13.1. The first kappa shape index (κ1) is 21.6. The van der Waals surface area contributed by atoms with Crippen LogP contribution < -0.4 is 4.74 Å². The summed E-state index contributed by atoms with van der Waals surface area (Å²) in [5, 5.41) is 22.0. The van der Waals surface area contributed by atoms with E-state index in [-0.39, 0.29) is 35.1 Å². The van der Waals surface area contributed by atoms with E-state index in [2.05, 4.69) is 0 Å². The quantitative estimate of drug-likeness (QED) is 0.475. The Morgan fingerprint density at radius 3 is 2.20 bits per heavy atom. The van der Waals surface area contributed by atoms with E-state index in [0.717, 1.165) is 11.6 Å². The number of sulfonamides is 1. The Balaban J connectivity index is 1.73. The maximum Gasteiger partial charge on any atom is 0.271 e. The predicted molar refractivity (Wildman–Crippen MR) is 107 cm³/mol. The van der Waals surface area contributed by atoms with Crippen LogP contribution >= 0.6 is 0 Å². The van der Waals surface area contributed by atoms with Crippen LogP contribution in [0.5, 0.6) is 5.75 Å². The van der Waals surface area contributed by atoms with Crippen LogP contribution in [0.3, 0.4) is 0 Å². The van der Waals surface area contributed by atoms with Gasteiger partial charge < -0.3 is 4.74 Å². The number of nitro groups is 2. The van der Waals surface area contributed by atoms with Crippen LogP contribution in [-0.2, 0) is 16.6 Å². The summed E-state index contributed by atoms with van der Waals surface area (Å²) in [6.45, 7) is 1.65. The summed E-state index contributed by atoms with van der Waals surface area (Å²) in [7, 11) is -2.68. The number of methoxy groups -OCH3 is 1. The predicted octanol–water partition coefficient (Wildman–Crippen LogP) is 2.02. The second kappa shape index (κ2) is 8.73. The average Bonchev–Trinajstić information content (AvgIpc) is 2.73. The molecule has 1 heterocycles. The molecule has 1 fully saturated rings. The lowest BCUT2D eigenvalue weighted by Crippen LogP contribution is -2.48. The molecular weight excluding hydrogens is 416 g/mol. The van der Waals surface area contributed by atoms with Crippen LogP contribution in [0, 0.1) is 20.2 Å². The zero-order valence-corrected chi connectivity index (χ0v) is 16.9. The summed E-state index contributed by atoms with van der Waals surface area (Å²) in [5.41, 5.74) is 0.436. The highest BCUT2D eigenvalue weighted by molar-refractivity contribution is 7.89. The van der Waals surface area contributed by atoms with Gasteiger partial charge in [0.05, 0.1) is 17.0 Å². The molecule has 160 valence electrons. The van der Waals surface area contributed by atoms with Crippen molar-refractivity contribution in [2.45, 2.75) is 11.4 Å². The highest BCUT2D eigenvalue weighted by Crippen LogP contribution is 2.31. The van der Waals surface area contributed by atoms with Crippen LogP contribution in [0.4, 0.5) is 11.4 Å². The molecule has 2 aromatic rings. The SMILES string of the molecule is COc1ccc([N+](=O)[O-])cc1S(=O)(=O)N1CCN(Cc2cccc([N+](=O)[O-])c2)CC1. The highest BCUT2D eigenvalue weighted by atomic mass is 32.2. The first-order chi connectivity index (χ1) is 14.2. The number of ether oxygens (including phenoxy) is 1. The molecule has 0 spiro atoms. The number of hydrogen-bond acceptors (Lipinski definition) is 8. The minimum absolute atomic E-state index is 0.00600. The summed E-state index contributed by atoms with van der Waals surface area (Å²) >= 11 is 0. The Morgan fingerprint density at radius 2 is 1.60 bits per heavy atom. The van der Waals surface area contributed by atoms with E-state index in [1.807, 2.05) is 4.90 Å². The number of piperazine rings is 1. The summed E-state index contributed by atoms with van der Waals surface area (Å²) < 4.78 is 32.5. The zero-order valence-electron chi connectivity index (χ0n) is 16.1. The second-order valence-electron chi connectivity index (χ2n) is 6.70. The number of benzene rings is 2. The third-order valence-corrected chi connectivity index (χ3v) is 6.75. The molecule has 0 unspecified atom stereocenters. The van der Waals surface area contributed by atoms with Gasteiger partial charge in [-0.3, -0.25) is 25.1 Å². The smallest absolute Gasteiger partial charge is 0.271 e. The van der Waals surface area contributed by atoms with Gasteiger partial charge in [-0.05, 0) is 11.6 Å². The molecular formula is C18H20N4O7S. The third-order valence-electron chi connectivity index (χ3n) is 4.83. The second-order valence-corrected chi connectivity index (χ2v) is 8.61. The number of nitrogens with zero attached hydrogens (tertiary/aromatic N) is 4. The van der Waals surface area contributed by atoms with Gasteiger partial charge in [0.2, 0.25) is 10.0 Å². The molecule has 0 saturated carbocycles. The molecule has 0 radical (unpaired) electrons. The summed E-state index contributed by atoms with van der Waals surface area (Å²) in [6.07, 6.45) is 0. The van der Waals surface area contributed by atoms with E-state index in [1.165, 1.54) is 35.7 Å². The Hall–Kier alpha value is -3.09. The first-order valence-electron chi connectivity index (χ1n) is 9.00. The van der Waals surface area contributed by atoms with Crippen molar-refractivity contribution in [2.24, 2.45) is 0 Å². The van der Waals surface area contributed by atoms with Crippen LogP contribution in [0.2, 0.25) is 0 Å². The van der Waals surface area contributed by atoms with Gasteiger partial charge in [-0.25, -0.2) is 8.42 Å². The third kappa shape index (κ3) is 4.56. The van der Waals surface area contributed by atoms with E-state index < -0.39 is 19.9 Å². The molecule has 0 atom stereocenters. The van der Waals surface area contributed by atoms with E-state index in [9.17, 15) is 28.6 Å². The van der Waals surface area contributed by atoms with Gasteiger partial charge in [0.15, 0.2) is 0 Å². The molecule has 0 bridgehead atoms. The van der Waals surface area contributed by atoms with Gasteiger partial charge in [0.25, 0.3) is 11.4 Å². The molecule has 30 heavy (non-hydrogen) atoms. The lowest BCUT2D eigenvalue weighted by atomic mass is 10.2. The average molecular weight is 436 g/mol. The molecule has 0 aliphatic carbocycles. The Labute approximate surface area is 172 Å². The number of rotatable bonds is 7. The number of nitro benzene ring substituents is 2. The van der Waals surface area contributed by atoms with E-state index in [4.69, 9.17) is 4.74 Å². The molecule has 2 aromatic carbocycles. The van der Waals surface area contributed by atoms with Crippen molar-refractivity contribution in [3.63, 3.8) is 0 Å². The minimum Gasteiger partial charge on any atom is -0.495 e. The Morgan fingerprint density at radius 1 is 0.967 bits per heavy atom. The molecule has 3 rings (SSSR count). The van der Waals surface area contributed by atoms with E-state index in [0.29, 0.717) is 19.6 Å². The fourth-order valence-corrected chi connectivity index (χ4v) is 4.87. The van der Waals surface area contributed by atoms with Crippen molar-refractivity contribution in [2.75, 3.05) is 33.3 Å². The molecule has 0 aromatic heterocycles. The summed E-state index contributed by atoms with van der Waals surface area (Å²) in [4.78, 5) is 22.6. The molecule has 0 amide bonds.